The van der Waals surface area contributed by atoms with Crippen molar-refractivity contribution in [2.75, 3.05) is 19.5 Å². The van der Waals surface area contributed by atoms with Crippen LogP contribution in [0.25, 0.3) is 0 Å². The van der Waals surface area contributed by atoms with Crippen LogP contribution in [0.3, 0.4) is 0 Å². The second-order valence-electron chi connectivity index (χ2n) is 8.81. The number of carbonyl (C=O) groups is 1. The van der Waals surface area contributed by atoms with E-state index in [0.717, 1.165) is 29.2 Å². The Morgan fingerprint density at radius 3 is 2.50 bits per heavy atom. The van der Waals surface area contributed by atoms with Gasteiger partial charge in [0.05, 0.1) is 12.1 Å². The Morgan fingerprint density at radius 2 is 1.90 bits per heavy atom. The van der Waals surface area contributed by atoms with Crippen LogP contribution in [0.2, 0.25) is 23.2 Å². The molecule has 7 heteroatoms. The Hall–Kier alpha value is -1.34. The lowest BCUT2D eigenvalue weighted by molar-refractivity contribution is 0.103. The van der Waals surface area contributed by atoms with Crippen LogP contribution in [-0.4, -0.2) is 38.6 Å². The monoisotopic (exact) mass is 465 g/mol. The van der Waals surface area contributed by atoms with Gasteiger partial charge in [0, 0.05) is 28.4 Å². The minimum Gasteiger partial charge on any atom is -0.481 e. The smallest absolute Gasteiger partial charge is 0.216 e. The van der Waals surface area contributed by atoms with Crippen LogP contribution < -0.4 is 4.74 Å². The van der Waals surface area contributed by atoms with Crippen molar-refractivity contribution in [1.29, 1.82) is 0 Å². The van der Waals surface area contributed by atoms with Crippen LogP contribution in [0.4, 0.5) is 0 Å². The van der Waals surface area contributed by atoms with Gasteiger partial charge in [-0.05, 0) is 55.7 Å². The molecule has 0 aliphatic heterocycles. The lowest BCUT2D eigenvalue weighted by Crippen LogP contribution is -2.41. The average molecular weight is 466 g/mol. The van der Waals surface area contributed by atoms with Gasteiger partial charge in [-0.25, -0.2) is 4.98 Å². The van der Waals surface area contributed by atoms with E-state index in [1.807, 2.05) is 19.1 Å². The summed E-state index contributed by atoms with van der Waals surface area (Å²) in [4.78, 5) is 18.0. The van der Waals surface area contributed by atoms with Crippen molar-refractivity contribution >= 4 is 37.5 Å². The predicted octanol–water partition coefficient (Wildman–Crippen LogP) is 6.79. The molecule has 164 valence electrons. The van der Waals surface area contributed by atoms with Gasteiger partial charge in [0.15, 0.2) is 8.32 Å². The SMILES string of the molecule is COc1nc(C(=O)c2ccc(SCCCO[Si](C)(C)C(C)(C)C)c(Cl)c2)ccc1C. The summed E-state index contributed by atoms with van der Waals surface area (Å²) in [6, 6.07) is 8.96. The molecule has 1 aromatic heterocycles. The predicted molar refractivity (Wildman–Crippen MR) is 129 cm³/mol. The summed E-state index contributed by atoms with van der Waals surface area (Å²) in [5.74, 6) is 1.20. The number of nitrogens with zero attached hydrogens (tertiary/aromatic N) is 1. The molecule has 0 spiro atoms. The van der Waals surface area contributed by atoms with Gasteiger partial charge < -0.3 is 9.16 Å². The number of hydrogen-bond acceptors (Lipinski definition) is 5. The summed E-state index contributed by atoms with van der Waals surface area (Å²) in [6.07, 6.45) is 0.960. The van der Waals surface area contributed by atoms with E-state index in [9.17, 15) is 4.79 Å². The number of pyridine rings is 1. The van der Waals surface area contributed by atoms with Crippen LogP contribution in [0.5, 0.6) is 5.88 Å². The fraction of sp³-hybridized carbons (Fsp3) is 0.478. The number of ether oxygens (including phenoxy) is 1. The molecule has 0 aliphatic rings. The van der Waals surface area contributed by atoms with Crippen LogP contribution in [0.15, 0.2) is 35.2 Å². The third kappa shape index (κ3) is 6.33. The van der Waals surface area contributed by atoms with E-state index in [0.29, 0.717) is 22.2 Å². The molecular formula is C23H32ClNO3SSi. The Labute approximate surface area is 190 Å². The van der Waals surface area contributed by atoms with Crippen LogP contribution >= 0.6 is 23.4 Å². The molecule has 0 bridgehead atoms. The van der Waals surface area contributed by atoms with Gasteiger partial charge in [0.2, 0.25) is 11.7 Å². The highest BCUT2D eigenvalue weighted by Crippen LogP contribution is 2.36. The number of aryl methyl sites for hydroxylation is 1. The van der Waals surface area contributed by atoms with Crippen molar-refractivity contribution < 1.29 is 14.0 Å². The molecule has 0 N–H and O–H groups in total. The molecule has 0 saturated carbocycles. The lowest BCUT2D eigenvalue weighted by atomic mass is 10.1. The molecular weight excluding hydrogens is 434 g/mol. The zero-order chi connectivity index (χ0) is 22.5. The van der Waals surface area contributed by atoms with Gasteiger partial charge in [-0.1, -0.05) is 38.4 Å². The lowest BCUT2D eigenvalue weighted by Gasteiger charge is -2.36. The van der Waals surface area contributed by atoms with Crippen molar-refractivity contribution in [2.45, 2.75) is 57.1 Å². The number of methoxy groups -OCH3 is 1. The van der Waals surface area contributed by atoms with Crippen molar-refractivity contribution in [1.82, 2.24) is 4.98 Å². The second kappa shape index (κ2) is 10.3. The summed E-state index contributed by atoms with van der Waals surface area (Å²) in [5.41, 5.74) is 1.75. The van der Waals surface area contributed by atoms with Crippen molar-refractivity contribution in [3.63, 3.8) is 0 Å². The minimum absolute atomic E-state index is 0.172. The first-order chi connectivity index (χ1) is 14.0. The number of ketones is 1. The molecule has 0 fully saturated rings. The molecule has 0 radical (unpaired) electrons. The summed E-state index contributed by atoms with van der Waals surface area (Å²) in [5, 5.41) is 0.803. The molecule has 0 aliphatic carbocycles. The zero-order valence-corrected chi connectivity index (χ0v) is 21.5. The van der Waals surface area contributed by atoms with Crippen LogP contribution in [0.1, 0.15) is 48.8 Å². The fourth-order valence-corrected chi connectivity index (χ4v) is 4.81. The van der Waals surface area contributed by atoms with Gasteiger partial charge in [-0.3, -0.25) is 4.79 Å². The number of thioether (sulfide) groups is 1. The first kappa shape index (κ1) is 24.9. The van der Waals surface area contributed by atoms with E-state index in [1.165, 1.54) is 0 Å². The molecule has 2 rings (SSSR count). The number of rotatable bonds is 9. The Kier molecular flexibility index (Phi) is 8.57. The molecule has 0 amide bonds. The molecule has 4 nitrogen and oxygen atoms in total. The molecule has 30 heavy (non-hydrogen) atoms. The van der Waals surface area contributed by atoms with E-state index in [2.05, 4.69) is 38.8 Å². The third-order valence-electron chi connectivity index (χ3n) is 5.49. The average Bonchev–Trinajstić information content (AvgIpc) is 2.67. The fourth-order valence-electron chi connectivity index (χ4n) is 2.54. The van der Waals surface area contributed by atoms with Crippen molar-refractivity contribution in [2.24, 2.45) is 0 Å². The van der Waals surface area contributed by atoms with Crippen molar-refractivity contribution in [3.05, 3.63) is 52.2 Å². The number of halogens is 1. The number of hydrogen-bond donors (Lipinski definition) is 0. The van der Waals surface area contributed by atoms with Crippen LogP contribution in [-0.2, 0) is 4.43 Å². The maximum absolute atomic E-state index is 12.8. The van der Waals surface area contributed by atoms with E-state index in [-0.39, 0.29) is 10.8 Å². The highest BCUT2D eigenvalue weighted by Gasteiger charge is 2.36. The second-order valence-corrected chi connectivity index (χ2v) is 15.2. The topological polar surface area (TPSA) is 48.4 Å². The van der Waals surface area contributed by atoms with Crippen molar-refractivity contribution in [3.8, 4) is 5.88 Å². The highest BCUT2D eigenvalue weighted by molar-refractivity contribution is 7.99. The summed E-state index contributed by atoms with van der Waals surface area (Å²) in [6.45, 7) is 13.9. The van der Waals surface area contributed by atoms with Crippen LogP contribution in [0, 0.1) is 6.92 Å². The first-order valence-corrected chi connectivity index (χ1v) is 14.4. The molecule has 1 aromatic carbocycles. The van der Waals surface area contributed by atoms with E-state index >= 15 is 0 Å². The standard InChI is InChI=1S/C23H32ClNO3SSi/c1-16-9-11-19(25-22(16)27-5)21(26)17-10-12-20(18(24)15-17)29-14-8-13-28-30(6,7)23(2,3)4/h9-12,15H,8,13-14H2,1-7H3. The maximum atomic E-state index is 12.8. The zero-order valence-electron chi connectivity index (χ0n) is 19.0. The molecule has 2 aromatic rings. The molecule has 0 atom stereocenters. The van der Waals surface area contributed by atoms with Gasteiger partial charge in [-0.15, -0.1) is 11.8 Å². The first-order valence-electron chi connectivity index (χ1n) is 10.1. The summed E-state index contributed by atoms with van der Waals surface area (Å²) in [7, 11) is -0.150. The number of aromatic nitrogens is 1. The van der Waals surface area contributed by atoms with E-state index in [4.69, 9.17) is 20.8 Å². The maximum Gasteiger partial charge on any atom is 0.216 e. The van der Waals surface area contributed by atoms with Gasteiger partial charge in [0.25, 0.3) is 0 Å². The largest absolute Gasteiger partial charge is 0.481 e. The van der Waals surface area contributed by atoms with Gasteiger partial charge in [0.1, 0.15) is 5.69 Å². The number of carbonyl (C=O) groups excluding carboxylic acids is 1. The third-order valence-corrected chi connectivity index (χ3v) is 11.6. The van der Waals surface area contributed by atoms with E-state index in [1.54, 1.807) is 37.1 Å². The Balaban J connectivity index is 1.95. The normalized spacial score (nSPS) is 12.1. The Bertz CT molecular complexity index is 897. The highest BCUT2D eigenvalue weighted by atomic mass is 35.5. The minimum atomic E-state index is -1.70. The van der Waals surface area contributed by atoms with E-state index < -0.39 is 8.32 Å². The molecule has 1 heterocycles. The summed E-state index contributed by atoms with van der Waals surface area (Å²) >= 11 is 8.13. The summed E-state index contributed by atoms with van der Waals surface area (Å²) < 4.78 is 11.4. The van der Waals surface area contributed by atoms with Gasteiger partial charge >= 0.3 is 0 Å². The van der Waals surface area contributed by atoms with Gasteiger partial charge in [-0.2, -0.15) is 0 Å². The Morgan fingerprint density at radius 1 is 1.20 bits per heavy atom. The quantitative estimate of drug-likeness (QED) is 0.176. The molecule has 0 saturated heterocycles. The number of benzene rings is 1. The molecule has 0 unspecified atom stereocenters.